The van der Waals surface area contributed by atoms with Crippen molar-refractivity contribution in [2.75, 3.05) is 29.5 Å². The monoisotopic (exact) mass is 271 g/mol. The van der Waals surface area contributed by atoms with Crippen LogP contribution in [0.1, 0.15) is 25.1 Å². The van der Waals surface area contributed by atoms with E-state index in [1.54, 1.807) is 0 Å². The van der Waals surface area contributed by atoms with Crippen molar-refractivity contribution in [3.63, 3.8) is 0 Å². The molecule has 1 saturated heterocycles. The van der Waals surface area contributed by atoms with Crippen LogP contribution in [0, 0.1) is 0 Å². The van der Waals surface area contributed by atoms with E-state index in [2.05, 4.69) is 40.8 Å². The summed E-state index contributed by atoms with van der Waals surface area (Å²) in [6.07, 6.45) is 3.30. The van der Waals surface area contributed by atoms with E-state index in [4.69, 9.17) is 0 Å². The van der Waals surface area contributed by atoms with Crippen LogP contribution >= 0.6 is 23.1 Å². The Kier molecular flexibility index (Phi) is 5.13. The highest BCUT2D eigenvalue weighted by Gasteiger charge is 2.13. The number of nitrogens with one attached hydrogen (secondary N) is 1. The molecule has 0 unspecified atom stereocenters. The fourth-order valence-corrected chi connectivity index (χ4v) is 3.57. The summed E-state index contributed by atoms with van der Waals surface area (Å²) in [6.45, 7) is 7.60. The Labute approximate surface area is 112 Å². The van der Waals surface area contributed by atoms with Crippen LogP contribution in [0.25, 0.3) is 0 Å². The van der Waals surface area contributed by atoms with Crippen molar-refractivity contribution < 1.29 is 0 Å². The standard InChI is InChI=1S/C12H21N3S2/c1-10(2)13-8-11-9-14-12(17-11)15-4-3-6-16-7-5-15/h9-10,13H,3-8H2,1-2H3. The quantitative estimate of drug-likeness (QED) is 0.911. The molecule has 0 amide bonds. The van der Waals surface area contributed by atoms with Gasteiger partial charge in [0, 0.05) is 42.5 Å². The minimum absolute atomic E-state index is 0.537. The van der Waals surface area contributed by atoms with Crippen LogP contribution < -0.4 is 10.2 Å². The Hall–Kier alpha value is -0.260. The largest absolute Gasteiger partial charge is 0.347 e. The van der Waals surface area contributed by atoms with Crippen LogP contribution in [0.15, 0.2) is 6.20 Å². The molecule has 2 rings (SSSR count). The van der Waals surface area contributed by atoms with Gasteiger partial charge in [0.25, 0.3) is 0 Å². The molecule has 0 atom stereocenters. The molecule has 3 nitrogen and oxygen atoms in total. The van der Waals surface area contributed by atoms with Crippen molar-refractivity contribution in [3.8, 4) is 0 Å². The van der Waals surface area contributed by atoms with E-state index < -0.39 is 0 Å². The van der Waals surface area contributed by atoms with Gasteiger partial charge in [-0.25, -0.2) is 4.98 Å². The summed E-state index contributed by atoms with van der Waals surface area (Å²) < 4.78 is 0. The minimum Gasteiger partial charge on any atom is -0.347 e. The molecule has 1 N–H and O–H groups in total. The van der Waals surface area contributed by atoms with Crippen LogP contribution in [0.4, 0.5) is 5.13 Å². The highest BCUT2D eigenvalue weighted by Crippen LogP contribution is 2.24. The van der Waals surface area contributed by atoms with Gasteiger partial charge in [-0.05, 0) is 12.2 Å². The number of anilines is 1. The van der Waals surface area contributed by atoms with E-state index in [1.165, 1.54) is 27.9 Å². The Morgan fingerprint density at radius 1 is 1.41 bits per heavy atom. The molecule has 0 bridgehead atoms. The van der Waals surface area contributed by atoms with Gasteiger partial charge in [0.05, 0.1) is 0 Å². The van der Waals surface area contributed by atoms with Crippen molar-refractivity contribution in [1.29, 1.82) is 0 Å². The fraction of sp³-hybridized carbons (Fsp3) is 0.750. The molecule has 5 heteroatoms. The van der Waals surface area contributed by atoms with Crippen molar-refractivity contribution >= 4 is 28.2 Å². The maximum absolute atomic E-state index is 4.55. The molecule has 1 fully saturated rings. The van der Waals surface area contributed by atoms with E-state index in [9.17, 15) is 0 Å². The van der Waals surface area contributed by atoms with Crippen molar-refractivity contribution in [2.45, 2.75) is 32.9 Å². The first-order chi connectivity index (χ1) is 8.25. The first kappa shape index (κ1) is 13.2. The summed E-state index contributed by atoms with van der Waals surface area (Å²) >= 11 is 3.89. The lowest BCUT2D eigenvalue weighted by Gasteiger charge is -2.18. The fourth-order valence-electron chi connectivity index (χ4n) is 1.77. The number of aromatic nitrogens is 1. The number of thiazole rings is 1. The average Bonchev–Trinajstić information content (AvgIpc) is 2.60. The van der Waals surface area contributed by atoms with Gasteiger partial charge >= 0.3 is 0 Å². The minimum atomic E-state index is 0.537. The zero-order chi connectivity index (χ0) is 12.1. The van der Waals surface area contributed by atoms with E-state index in [0.29, 0.717) is 6.04 Å². The molecule has 0 saturated carbocycles. The van der Waals surface area contributed by atoms with Gasteiger partial charge in [-0.15, -0.1) is 11.3 Å². The lowest BCUT2D eigenvalue weighted by Crippen LogP contribution is -2.25. The molecular formula is C12H21N3S2. The van der Waals surface area contributed by atoms with Crippen molar-refractivity contribution in [2.24, 2.45) is 0 Å². The molecule has 1 aromatic rings. The van der Waals surface area contributed by atoms with Gasteiger partial charge in [-0.2, -0.15) is 11.8 Å². The second-order valence-corrected chi connectivity index (χ2v) is 6.92. The van der Waals surface area contributed by atoms with E-state index in [1.807, 2.05) is 17.5 Å². The average molecular weight is 271 g/mol. The summed E-state index contributed by atoms with van der Waals surface area (Å²) in [5, 5.41) is 4.64. The number of hydrogen-bond donors (Lipinski definition) is 1. The van der Waals surface area contributed by atoms with Gasteiger partial charge in [-0.3, -0.25) is 0 Å². The predicted molar refractivity (Wildman–Crippen MR) is 78.2 cm³/mol. The maximum atomic E-state index is 4.55. The number of nitrogens with zero attached hydrogens (tertiary/aromatic N) is 2. The third-order valence-corrected chi connectivity index (χ3v) is 4.83. The highest BCUT2D eigenvalue weighted by atomic mass is 32.2. The van der Waals surface area contributed by atoms with E-state index >= 15 is 0 Å². The van der Waals surface area contributed by atoms with E-state index in [0.717, 1.165) is 19.6 Å². The van der Waals surface area contributed by atoms with Crippen LogP contribution in [-0.4, -0.2) is 35.6 Å². The molecule has 2 heterocycles. The smallest absolute Gasteiger partial charge is 0.185 e. The Morgan fingerprint density at radius 2 is 2.29 bits per heavy atom. The number of thioether (sulfide) groups is 1. The van der Waals surface area contributed by atoms with Crippen LogP contribution in [0.5, 0.6) is 0 Å². The third kappa shape index (κ3) is 4.16. The van der Waals surface area contributed by atoms with Gasteiger partial charge in [0.2, 0.25) is 0 Å². The molecule has 1 aliphatic rings. The second-order valence-electron chi connectivity index (χ2n) is 4.60. The third-order valence-electron chi connectivity index (χ3n) is 2.72. The maximum Gasteiger partial charge on any atom is 0.185 e. The molecule has 17 heavy (non-hydrogen) atoms. The van der Waals surface area contributed by atoms with Gasteiger partial charge in [0.1, 0.15) is 0 Å². The predicted octanol–water partition coefficient (Wildman–Crippen LogP) is 2.58. The van der Waals surface area contributed by atoms with Crippen molar-refractivity contribution in [3.05, 3.63) is 11.1 Å². The molecular weight excluding hydrogens is 250 g/mol. The summed E-state index contributed by atoms with van der Waals surface area (Å²) in [4.78, 5) is 8.33. The Balaban J connectivity index is 1.92. The highest BCUT2D eigenvalue weighted by molar-refractivity contribution is 7.99. The molecule has 0 radical (unpaired) electrons. The van der Waals surface area contributed by atoms with Gasteiger partial charge in [-0.1, -0.05) is 13.8 Å². The van der Waals surface area contributed by atoms with Crippen LogP contribution in [-0.2, 0) is 6.54 Å². The number of rotatable bonds is 4. The second kappa shape index (κ2) is 6.61. The summed E-state index contributed by atoms with van der Waals surface area (Å²) in [5.41, 5.74) is 0. The van der Waals surface area contributed by atoms with Gasteiger partial charge in [0.15, 0.2) is 5.13 Å². The first-order valence-corrected chi connectivity index (χ1v) is 8.23. The van der Waals surface area contributed by atoms with Gasteiger partial charge < -0.3 is 10.2 Å². The normalized spacial score (nSPS) is 17.5. The zero-order valence-corrected chi connectivity index (χ0v) is 12.2. The molecule has 0 aromatic carbocycles. The molecule has 0 spiro atoms. The van der Waals surface area contributed by atoms with Crippen molar-refractivity contribution in [1.82, 2.24) is 10.3 Å². The molecule has 96 valence electrons. The zero-order valence-electron chi connectivity index (χ0n) is 10.6. The van der Waals surface area contributed by atoms with Crippen LogP contribution in [0.2, 0.25) is 0 Å². The lowest BCUT2D eigenvalue weighted by atomic mass is 10.4. The molecule has 1 aromatic heterocycles. The Bertz CT molecular complexity index is 330. The summed E-state index contributed by atoms with van der Waals surface area (Å²) in [5.74, 6) is 2.53. The first-order valence-electron chi connectivity index (χ1n) is 6.26. The van der Waals surface area contributed by atoms with E-state index in [-0.39, 0.29) is 0 Å². The molecule has 0 aliphatic carbocycles. The summed E-state index contributed by atoms with van der Waals surface area (Å²) in [6, 6.07) is 0.537. The van der Waals surface area contributed by atoms with Crippen LogP contribution in [0.3, 0.4) is 0 Å². The molecule has 1 aliphatic heterocycles. The number of hydrogen-bond acceptors (Lipinski definition) is 5. The lowest BCUT2D eigenvalue weighted by molar-refractivity contribution is 0.593. The SMILES string of the molecule is CC(C)NCc1cnc(N2CCCSCC2)s1. The Morgan fingerprint density at radius 3 is 3.12 bits per heavy atom. The topological polar surface area (TPSA) is 28.2 Å². The summed E-state index contributed by atoms with van der Waals surface area (Å²) in [7, 11) is 0.